The van der Waals surface area contributed by atoms with Gasteiger partial charge in [0.2, 0.25) is 5.88 Å². The largest absolute Gasteiger partial charge is 0.478 e. The summed E-state index contributed by atoms with van der Waals surface area (Å²) >= 11 is 3.43. The van der Waals surface area contributed by atoms with E-state index in [0.717, 1.165) is 48.0 Å². The lowest BCUT2D eigenvalue weighted by molar-refractivity contribution is 0.274. The quantitative estimate of drug-likeness (QED) is 0.923. The van der Waals surface area contributed by atoms with Crippen molar-refractivity contribution in [3.8, 4) is 5.88 Å². The zero-order valence-corrected chi connectivity index (χ0v) is 11.1. The van der Waals surface area contributed by atoms with Crippen molar-refractivity contribution in [2.75, 3.05) is 19.7 Å². The molecule has 0 spiro atoms. The van der Waals surface area contributed by atoms with Crippen LogP contribution in [0, 0.1) is 12.8 Å². The van der Waals surface area contributed by atoms with Crippen molar-refractivity contribution in [3.05, 3.63) is 22.3 Å². The van der Waals surface area contributed by atoms with Crippen LogP contribution in [0.2, 0.25) is 0 Å². The van der Waals surface area contributed by atoms with E-state index in [1.807, 2.05) is 13.0 Å². The molecular weight excluding hydrogens is 268 g/mol. The van der Waals surface area contributed by atoms with E-state index >= 15 is 0 Å². The number of nitrogens with one attached hydrogen (secondary N) is 1. The first kappa shape index (κ1) is 11.9. The normalized spacial score (nSPS) is 20.0. The van der Waals surface area contributed by atoms with Crippen molar-refractivity contribution in [2.24, 2.45) is 5.92 Å². The third-order valence-corrected chi connectivity index (χ3v) is 3.79. The summed E-state index contributed by atoms with van der Waals surface area (Å²) in [7, 11) is 0. The van der Waals surface area contributed by atoms with Gasteiger partial charge >= 0.3 is 0 Å². The van der Waals surface area contributed by atoms with Crippen LogP contribution in [0.1, 0.15) is 18.4 Å². The number of ether oxygens (including phenoxy) is 1. The molecule has 0 saturated carbocycles. The fourth-order valence-electron chi connectivity index (χ4n) is 1.88. The Morgan fingerprint density at radius 3 is 3.19 bits per heavy atom. The number of hydrogen-bond donors (Lipinski definition) is 1. The first-order valence-electron chi connectivity index (χ1n) is 5.71. The molecule has 1 aromatic heterocycles. The summed E-state index contributed by atoms with van der Waals surface area (Å²) in [5, 5.41) is 3.36. The van der Waals surface area contributed by atoms with Crippen molar-refractivity contribution in [1.82, 2.24) is 10.3 Å². The van der Waals surface area contributed by atoms with E-state index in [2.05, 4.69) is 26.2 Å². The van der Waals surface area contributed by atoms with Crippen LogP contribution >= 0.6 is 15.9 Å². The number of pyridine rings is 1. The SMILES string of the molecule is Cc1cc(OCCC2CCNC2)ncc1Br. The third kappa shape index (κ3) is 3.19. The lowest BCUT2D eigenvalue weighted by atomic mass is 10.1. The second kappa shape index (κ2) is 5.64. The molecule has 0 radical (unpaired) electrons. The smallest absolute Gasteiger partial charge is 0.213 e. The van der Waals surface area contributed by atoms with Crippen LogP contribution in [0.25, 0.3) is 0 Å². The summed E-state index contributed by atoms with van der Waals surface area (Å²) in [6, 6.07) is 1.97. The van der Waals surface area contributed by atoms with Crippen LogP contribution in [0.3, 0.4) is 0 Å². The molecule has 1 fully saturated rings. The summed E-state index contributed by atoms with van der Waals surface area (Å²) in [5.74, 6) is 1.50. The average molecular weight is 285 g/mol. The highest BCUT2D eigenvalue weighted by atomic mass is 79.9. The molecule has 1 atom stereocenters. The lowest BCUT2D eigenvalue weighted by Crippen LogP contribution is -2.12. The van der Waals surface area contributed by atoms with Gasteiger partial charge in [-0.2, -0.15) is 0 Å². The Morgan fingerprint density at radius 1 is 1.62 bits per heavy atom. The van der Waals surface area contributed by atoms with Gasteiger partial charge in [-0.15, -0.1) is 0 Å². The van der Waals surface area contributed by atoms with E-state index in [4.69, 9.17) is 4.74 Å². The van der Waals surface area contributed by atoms with Crippen molar-refractivity contribution in [2.45, 2.75) is 19.8 Å². The molecule has 0 aliphatic carbocycles. The number of aryl methyl sites for hydroxylation is 1. The number of rotatable bonds is 4. The summed E-state index contributed by atoms with van der Waals surface area (Å²) < 4.78 is 6.67. The third-order valence-electron chi connectivity index (χ3n) is 2.96. The topological polar surface area (TPSA) is 34.1 Å². The molecule has 1 saturated heterocycles. The van der Waals surface area contributed by atoms with E-state index in [1.165, 1.54) is 6.42 Å². The minimum atomic E-state index is 0.728. The zero-order valence-electron chi connectivity index (χ0n) is 9.50. The number of hydrogen-bond acceptors (Lipinski definition) is 3. The number of aromatic nitrogens is 1. The number of nitrogens with zero attached hydrogens (tertiary/aromatic N) is 1. The molecule has 0 aromatic carbocycles. The van der Waals surface area contributed by atoms with Gasteiger partial charge in [0.15, 0.2) is 0 Å². The van der Waals surface area contributed by atoms with E-state index < -0.39 is 0 Å². The molecule has 1 N–H and O–H groups in total. The molecule has 1 aliphatic heterocycles. The molecule has 2 rings (SSSR count). The van der Waals surface area contributed by atoms with Crippen LogP contribution in [-0.2, 0) is 0 Å². The zero-order chi connectivity index (χ0) is 11.4. The minimum absolute atomic E-state index is 0.728. The van der Waals surface area contributed by atoms with Gasteiger partial charge in [-0.3, -0.25) is 0 Å². The monoisotopic (exact) mass is 284 g/mol. The van der Waals surface area contributed by atoms with Gasteiger partial charge in [0.25, 0.3) is 0 Å². The maximum atomic E-state index is 5.64. The van der Waals surface area contributed by atoms with Crippen LogP contribution in [0.15, 0.2) is 16.7 Å². The highest BCUT2D eigenvalue weighted by molar-refractivity contribution is 9.10. The van der Waals surface area contributed by atoms with Crippen molar-refractivity contribution >= 4 is 15.9 Å². The molecule has 1 aromatic rings. The first-order chi connectivity index (χ1) is 7.75. The van der Waals surface area contributed by atoms with Crippen LogP contribution in [-0.4, -0.2) is 24.7 Å². The highest BCUT2D eigenvalue weighted by Gasteiger charge is 2.14. The van der Waals surface area contributed by atoms with Gasteiger partial charge in [0.1, 0.15) is 0 Å². The summed E-state index contributed by atoms with van der Waals surface area (Å²) in [6.07, 6.45) is 4.18. The van der Waals surface area contributed by atoms with Crippen molar-refractivity contribution < 1.29 is 4.74 Å². The molecule has 16 heavy (non-hydrogen) atoms. The Bertz CT molecular complexity index is 351. The molecule has 88 valence electrons. The second-order valence-corrected chi connectivity index (χ2v) is 5.12. The molecule has 3 nitrogen and oxygen atoms in total. The Balaban J connectivity index is 1.78. The molecule has 1 unspecified atom stereocenters. The second-order valence-electron chi connectivity index (χ2n) is 4.27. The fourth-order valence-corrected chi connectivity index (χ4v) is 2.10. The average Bonchev–Trinajstić information content (AvgIpc) is 2.76. The standard InChI is InChI=1S/C12H17BrN2O/c1-9-6-12(15-8-11(9)13)16-5-3-10-2-4-14-7-10/h6,8,10,14H,2-5,7H2,1H3. The van der Waals surface area contributed by atoms with Gasteiger partial charge in [0, 0.05) is 16.7 Å². The first-order valence-corrected chi connectivity index (χ1v) is 6.50. The fraction of sp³-hybridized carbons (Fsp3) is 0.583. The van der Waals surface area contributed by atoms with Gasteiger partial charge in [-0.25, -0.2) is 4.98 Å². The Labute approximate surface area is 105 Å². The van der Waals surface area contributed by atoms with Gasteiger partial charge in [0.05, 0.1) is 6.61 Å². The summed E-state index contributed by atoms with van der Waals surface area (Å²) in [5.41, 5.74) is 1.16. The predicted molar refractivity (Wildman–Crippen MR) is 67.8 cm³/mol. The van der Waals surface area contributed by atoms with E-state index in [1.54, 1.807) is 6.20 Å². The highest BCUT2D eigenvalue weighted by Crippen LogP contribution is 2.19. The summed E-state index contributed by atoms with van der Waals surface area (Å²) in [4.78, 5) is 4.22. The Hall–Kier alpha value is -0.610. The molecule has 4 heteroatoms. The van der Waals surface area contributed by atoms with Crippen LogP contribution in [0.4, 0.5) is 0 Å². The predicted octanol–water partition coefficient (Wildman–Crippen LogP) is 2.53. The molecular formula is C12H17BrN2O. The van der Waals surface area contributed by atoms with Gasteiger partial charge in [-0.05, 0) is 60.3 Å². The van der Waals surface area contributed by atoms with Crippen molar-refractivity contribution in [1.29, 1.82) is 0 Å². The molecule has 0 amide bonds. The summed E-state index contributed by atoms with van der Waals surface area (Å²) in [6.45, 7) is 5.09. The molecule has 1 aliphatic rings. The lowest BCUT2D eigenvalue weighted by Gasteiger charge is -2.09. The van der Waals surface area contributed by atoms with E-state index in [0.29, 0.717) is 0 Å². The number of halogens is 1. The minimum Gasteiger partial charge on any atom is -0.478 e. The van der Waals surface area contributed by atoms with Crippen LogP contribution < -0.4 is 10.1 Å². The van der Waals surface area contributed by atoms with Crippen LogP contribution in [0.5, 0.6) is 5.88 Å². The maximum Gasteiger partial charge on any atom is 0.213 e. The maximum absolute atomic E-state index is 5.64. The Morgan fingerprint density at radius 2 is 2.50 bits per heavy atom. The van der Waals surface area contributed by atoms with Gasteiger partial charge < -0.3 is 10.1 Å². The van der Waals surface area contributed by atoms with Gasteiger partial charge in [-0.1, -0.05) is 0 Å². The Kier molecular flexibility index (Phi) is 4.18. The van der Waals surface area contributed by atoms with E-state index in [-0.39, 0.29) is 0 Å². The van der Waals surface area contributed by atoms with E-state index in [9.17, 15) is 0 Å². The van der Waals surface area contributed by atoms with Crippen molar-refractivity contribution in [3.63, 3.8) is 0 Å². The molecule has 2 heterocycles. The molecule has 0 bridgehead atoms.